The number of amides is 7. The molecule has 0 bridgehead atoms. The zero-order valence-electron chi connectivity index (χ0n) is 33.3. The number of likely N-dealkylation sites (tertiary alicyclic amines) is 1. The number of benzene rings is 2. The van der Waals surface area contributed by atoms with E-state index in [-0.39, 0.29) is 74.0 Å². The number of rotatable bonds is 19. The zero-order chi connectivity index (χ0) is 41.5. The predicted octanol–water partition coefficient (Wildman–Crippen LogP) is 2.77. The Hall–Kier alpha value is -5.60. The van der Waals surface area contributed by atoms with Gasteiger partial charge in [-0.15, -0.1) is 0 Å². The largest absolute Gasteiger partial charge is 0.460 e. The number of nitrogens with one attached hydrogen (secondary N) is 5. The van der Waals surface area contributed by atoms with Gasteiger partial charge in [-0.25, -0.2) is 0 Å². The van der Waals surface area contributed by atoms with Crippen molar-refractivity contribution in [1.29, 1.82) is 0 Å². The third kappa shape index (κ3) is 15.3. The molecule has 15 nitrogen and oxygen atoms in total. The molecule has 1 fully saturated rings. The molecule has 2 aromatic carbocycles. The van der Waals surface area contributed by atoms with Crippen LogP contribution in [0.2, 0.25) is 0 Å². The minimum atomic E-state index is -1.06. The molecule has 1 saturated heterocycles. The van der Waals surface area contributed by atoms with Crippen molar-refractivity contribution in [2.75, 3.05) is 31.5 Å². The molecule has 304 valence electrons. The van der Waals surface area contributed by atoms with Crippen LogP contribution < -0.4 is 26.6 Å². The van der Waals surface area contributed by atoms with Crippen molar-refractivity contribution in [3.8, 4) is 0 Å². The van der Waals surface area contributed by atoms with E-state index in [0.29, 0.717) is 31.5 Å². The second-order valence-electron chi connectivity index (χ2n) is 16.0. The minimum absolute atomic E-state index is 0.0887. The van der Waals surface area contributed by atoms with Crippen molar-refractivity contribution >= 4 is 53.0 Å². The van der Waals surface area contributed by atoms with Crippen LogP contribution in [0.3, 0.4) is 0 Å². The topological polar surface area (TPSA) is 209 Å². The van der Waals surface area contributed by atoms with Gasteiger partial charge in [0.1, 0.15) is 12.6 Å². The van der Waals surface area contributed by atoms with Gasteiger partial charge in [0, 0.05) is 31.5 Å². The Morgan fingerprint density at radius 1 is 0.732 bits per heavy atom. The van der Waals surface area contributed by atoms with Crippen LogP contribution >= 0.6 is 0 Å². The highest BCUT2D eigenvalue weighted by atomic mass is 16.5. The Kier molecular flexibility index (Phi) is 16.7. The molecule has 15 heteroatoms. The van der Waals surface area contributed by atoms with Gasteiger partial charge in [0.15, 0.2) is 0 Å². The van der Waals surface area contributed by atoms with Crippen LogP contribution in [0.25, 0.3) is 0 Å². The quantitative estimate of drug-likeness (QED) is 0.0806. The van der Waals surface area contributed by atoms with E-state index in [2.05, 4.69) is 26.6 Å². The molecule has 2 atom stereocenters. The molecule has 0 radical (unpaired) electrons. The number of hydrogen-bond donors (Lipinski definition) is 5. The number of esters is 1. The second-order valence-corrected chi connectivity index (χ2v) is 16.0. The highest BCUT2D eigenvalue weighted by Crippen LogP contribution is 2.35. The van der Waals surface area contributed by atoms with Crippen LogP contribution in [0, 0.1) is 16.7 Å². The molecule has 7 amide bonds. The molecular weight excluding hydrogens is 720 g/mol. The van der Waals surface area contributed by atoms with Gasteiger partial charge in [0.25, 0.3) is 0 Å². The van der Waals surface area contributed by atoms with E-state index in [1.54, 1.807) is 69.3 Å². The third-order valence-corrected chi connectivity index (χ3v) is 9.04. The molecule has 1 unspecified atom stereocenters. The summed E-state index contributed by atoms with van der Waals surface area (Å²) in [5, 5.41) is 12.8. The van der Waals surface area contributed by atoms with Crippen LogP contribution in [0.5, 0.6) is 0 Å². The van der Waals surface area contributed by atoms with Gasteiger partial charge >= 0.3 is 5.97 Å². The molecule has 2 aromatic rings. The fraction of sp³-hybridized carbons (Fsp3) is 0.512. The summed E-state index contributed by atoms with van der Waals surface area (Å²) in [6, 6.07) is 14.6. The number of ether oxygens (including phenoxy) is 1. The maximum absolute atomic E-state index is 13.2. The monoisotopic (exact) mass is 776 g/mol. The van der Waals surface area contributed by atoms with Crippen LogP contribution in [-0.2, 0) is 56.1 Å². The van der Waals surface area contributed by atoms with E-state index in [9.17, 15) is 38.4 Å². The summed E-state index contributed by atoms with van der Waals surface area (Å²) in [6.45, 7) is 10.3. The summed E-state index contributed by atoms with van der Waals surface area (Å²) in [4.78, 5) is 101. The van der Waals surface area contributed by atoms with Crippen molar-refractivity contribution in [2.24, 2.45) is 16.7 Å². The van der Waals surface area contributed by atoms with Crippen LogP contribution in [0.4, 0.5) is 5.69 Å². The van der Waals surface area contributed by atoms with Crippen LogP contribution in [0.1, 0.15) is 84.8 Å². The normalized spacial score (nSPS) is 14.8. The Bertz CT molecular complexity index is 1720. The first-order valence-electron chi connectivity index (χ1n) is 18.9. The van der Waals surface area contributed by atoms with Crippen LogP contribution in [-0.4, -0.2) is 84.4 Å². The van der Waals surface area contributed by atoms with Gasteiger partial charge in [-0.05, 0) is 62.3 Å². The van der Waals surface area contributed by atoms with Gasteiger partial charge in [0.05, 0.1) is 31.0 Å². The highest BCUT2D eigenvalue weighted by molar-refractivity contribution is 6.04. The lowest BCUT2D eigenvalue weighted by Crippen LogP contribution is -2.52. The number of unbranched alkanes of at least 4 members (excludes halogenated alkanes) is 2. The van der Waals surface area contributed by atoms with Crippen molar-refractivity contribution in [3.05, 3.63) is 65.7 Å². The molecule has 3 rings (SSSR count). The smallest absolute Gasteiger partial charge is 0.311 e. The van der Waals surface area contributed by atoms with Crippen LogP contribution in [0.15, 0.2) is 54.6 Å². The lowest BCUT2D eigenvalue weighted by Gasteiger charge is -2.24. The molecule has 0 aliphatic carbocycles. The van der Waals surface area contributed by atoms with Gasteiger partial charge in [-0.3, -0.25) is 43.3 Å². The summed E-state index contributed by atoms with van der Waals surface area (Å²) in [5.41, 5.74) is 1.05. The van der Waals surface area contributed by atoms with Crippen molar-refractivity contribution in [1.82, 2.24) is 26.2 Å². The Morgan fingerprint density at radius 3 is 1.98 bits per heavy atom. The fourth-order valence-electron chi connectivity index (χ4n) is 5.69. The number of hydrogen-bond acceptors (Lipinski definition) is 9. The Labute approximate surface area is 328 Å². The first-order chi connectivity index (χ1) is 26.3. The molecule has 0 saturated carbocycles. The van der Waals surface area contributed by atoms with Gasteiger partial charge < -0.3 is 31.3 Å². The molecule has 1 aliphatic rings. The second kappa shape index (κ2) is 20.9. The number of carbonyl (C=O) groups is 8. The van der Waals surface area contributed by atoms with E-state index in [1.165, 1.54) is 4.90 Å². The summed E-state index contributed by atoms with van der Waals surface area (Å²) in [6.07, 6.45) is 2.18. The molecular formula is C41H56N6O9. The molecule has 0 spiro atoms. The number of anilines is 1. The SMILES string of the molecule is CC(C)(C)C(=O)OCc1ccc(NC(=O)CNC(=O)[C@H](Cc2ccccc2)NC(=O)CNC(=O)CNC(=O)CCCCCN2C(=O)CC(C(C)(C)C)C2=O)cc1. The summed E-state index contributed by atoms with van der Waals surface area (Å²) < 4.78 is 5.30. The van der Waals surface area contributed by atoms with Gasteiger partial charge in [-0.1, -0.05) is 69.7 Å². The van der Waals surface area contributed by atoms with E-state index >= 15 is 0 Å². The summed E-state index contributed by atoms with van der Waals surface area (Å²) in [5.74, 6) is -3.69. The standard InChI is InChI=1S/C41H56N6O9/c1-40(2,3)30-22-36(52)47(38(30)54)20-12-8-11-15-32(48)42-23-33(49)43-24-35(51)46-31(21-27-13-9-7-10-14-27)37(53)44-25-34(50)45-29-18-16-28(17-19-29)26-56-39(55)41(4,5)6/h7,9-10,13-14,16-19,30-31H,8,11-12,15,20-26H2,1-6H3,(H,42,48)(H,43,49)(H,44,53)(H,45,50)(H,46,51)/t30?,31-/m0/s1. The molecule has 1 heterocycles. The maximum atomic E-state index is 13.2. The zero-order valence-corrected chi connectivity index (χ0v) is 33.3. The van der Waals surface area contributed by atoms with Gasteiger partial charge in [-0.2, -0.15) is 0 Å². The van der Waals surface area contributed by atoms with Crippen molar-refractivity contribution in [2.45, 2.75) is 92.7 Å². The van der Waals surface area contributed by atoms with Gasteiger partial charge in [0.2, 0.25) is 41.4 Å². The first kappa shape index (κ1) is 44.8. The van der Waals surface area contributed by atoms with Crippen molar-refractivity contribution < 1.29 is 43.1 Å². The third-order valence-electron chi connectivity index (χ3n) is 9.04. The summed E-state index contributed by atoms with van der Waals surface area (Å²) >= 11 is 0. The Morgan fingerprint density at radius 2 is 1.36 bits per heavy atom. The highest BCUT2D eigenvalue weighted by Gasteiger charge is 2.44. The molecule has 56 heavy (non-hydrogen) atoms. The number of imide groups is 1. The van der Waals surface area contributed by atoms with Crippen molar-refractivity contribution in [3.63, 3.8) is 0 Å². The average Bonchev–Trinajstić information content (AvgIpc) is 3.43. The van der Waals surface area contributed by atoms with E-state index in [0.717, 1.165) is 11.1 Å². The fourth-order valence-corrected chi connectivity index (χ4v) is 5.69. The predicted molar refractivity (Wildman–Crippen MR) is 208 cm³/mol. The lowest BCUT2D eigenvalue weighted by atomic mass is 9.80. The molecule has 0 aromatic heterocycles. The number of nitrogens with zero attached hydrogens (tertiary/aromatic N) is 1. The summed E-state index contributed by atoms with van der Waals surface area (Å²) in [7, 11) is 0. The number of carbonyl (C=O) groups excluding carboxylic acids is 8. The average molecular weight is 777 g/mol. The minimum Gasteiger partial charge on any atom is -0.460 e. The molecule has 1 aliphatic heterocycles. The van der Waals surface area contributed by atoms with E-state index < -0.39 is 41.6 Å². The van der Waals surface area contributed by atoms with E-state index in [1.807, 2.05) is 26.8 Å². The molecule has 5 N–H and O–H groups in total. The van der Waals surface area contributed by atoms with E-state index in [4.69, 9.17) is 4.74 Å². The first-order valence-corrected chi connectivity index (χ1v) is 18.9. The lowest BCUT2D eigenvalue weighted by molar-refractivity contribution is -0.154. The maximum Gasteiger partial charge on any atom is 0.311 e. The Balaban J connectivity index is 1.38.